The Hall–Kier alpha value is -3.06. The molecule has 1 aliphatic heterocycles. The largest absolute Gasteiger partial charge is 0.497 e. The highest BCUT2D eigenvalue weighted by Crippen LogP contribution is 2.26. The molecule has 1 fully saturated rings. The van der Waals surface area contributed by atoms with Crippen LogP contribution in [0.2, 0.25) is 0 Å². The second kappa shape index (κ2) is 9.93. The predicted molar refractivity (Wildman–Crippen MR) is 112 cm³/mol. The molecule has 0 aromatic heterocycles. The van der Waals surface area contributed by atoms with Crippen molar-refractivity contribution in [1.82, 2.24) is 4.90 Å². The van der Waals surface area contributed by atoms with E-state index in [2.05, 4.69) is 10.6 Å². The highest BCUT2D eigenvalue weighted by molar-refractivity contribution is 5.94. The first-order chi connectivity index (χ1) is 14.1. The van der Waals surface area contributed by atoms with Crippen LogP contribution in [0.4, 0.5) is 11.4 Å². The molecule has 0 radical (unpaired) electrons. The number of piperidine rings is 1. The lowest BCUT2D eigenvalue weighted by Gasteiger charge is -2.31. The van der Waals surface area contributed by atoms with E-state index in [1.807, 2.05) is 35.2 Å². The van der Waals surface area contributed by atoms with Gasteiger partial charge in [-0.1, -0.05) is 18.2 Å². The molecule has 1 atom stereocenters. The van der Waals surface area contributed by atoms with Crippen LogP contribution >= 0.6 is 0 Å². The SMILES string of the molecule is COc1cc(NC(=O)CN2CCC[C@H](C(=O)Nc3ccccc3)C2)cc(OC)c1. The van der Waals surface area contributed by atoms with Crippen LogP contribution in [0.25, 0.3) is 0 Å². The van der Waals surface area contributed by atoms with Crippen molar-refractivity contribution in [3.8, 4) is 11.5 Å². The molecule has 154 valence electrons. The van der Waals surface area contributed by atoms with Crippen LogP contribution in [0.5, 0.6) is 11.5 Å². The lowest BCUT2D eigenvalue weighted by Crippen LogP contribution is -2.43. The van der Waals surface area contributed by atoms with Crippen molar-refractivity contribution in [2.24, 2.45) is 5.92 Å². The summed E-state index contributed by atoms with van der Waals surface area (Å²) < 4.78 is 10.5. The van der Waals surface area contributed by atoms with Crippen LogP contribution in [0, 0.1) is 5.92 Å². The number of benzene rings is 2. The number of hydrogen-bond donors (Lipinski definition) is 2. The number of para-hydroxylation sites is 1. The van der Waals surface area contributed by atoms with E-state index in [1.165, 1.54) is 0 Å². The molecule has 0 saturated carbocycles. The summed E-state index contributed by atoms with van der Waals surface area (Å²) >= 11 is 0. The van der Waals surface area contributed by atoms with Crippen molar-refractivity contribution in [3.63, 3.8) is 0 Å². The lowest BCUT2D eigenvalue weighted by atomic mass is 9.97. The Labute approximate surface area is 171 Å². The minimum absolute atomic E-state index is 0.00107. The molecule has 1 saturated heterocycles. The molecule has 2 aromatic carbocycles. The fourth-order valence-electron chi connectivity index (χ4n) is 3.46. The zero-order chi connectivity index (χ0) is 20.6. The molecule has 2 amide bonds. The Morgan fingerprint density at radius 2 is 1.69 bits per heavy atom. The van der Waals surface area contributed by atoms with E-state index in [4.69, 9.17) is 9.47 Å². The number of carbonyl (C=O) groups excluding carboxylic acids is 2. The lowest BCUT2D eigenvalue weighted by molar-refractivity contribution is -0.123. The zero-order valence-electron chi connectivity index (χ0n) is 16.8. The molecule has 7 heteroatoms. The Morgan fingerprint density at radius 1 is 1.00 bits per heavy atom. The summed E-state index contributed by atoms with van der Waals surface area (Å²) in [4.78, 5) is 27.1. The average Bonchev–Trinajstić information content (AvgIpc) is 2.74. The molecule has 0 aliphatic carbocycles. The van der Waals surface area contributed by atoms with E-state index in [0.717, 1.165) is 25.1 Å². The predicted octanol–water partition coefficient (Wildman–Crippen LogP) is 2.99. The van der Waals surface area contributed by atoms with E-state index in [-0.39, 0.29) is 24.3 Å². The van der Waals surface area contributed by atoms with Crippen LogP contribution in [0.1, 0.15) is 12.8 Å². The van der Waals surface area contributed by atoms with Gasteiger partial charge in [0.05, 0.1) is 26.7 Å². The molecule has 1 aliphatic rings. The van der Waals surface area contributed by atoms with Gasteiger partial charge in [-0.2, -0.15) is 0 Å². The summed E-state index contributed by atoms with van der Waals surface area (Å²) in [6.07, 6.45) is 1.71. The monoisotopic (exact) mass is 397 g/mol. The maximum Gasteiger partial charge on any atom is 0.238 e. The Kier molecular flexibility index (Phi) is 7.08. The molecule has 3 rings (SSSR count). The smallest absolute Gasteiger partial charge is 0.238 e. The standard InChI is InChI=1S/C22H27N3O4/c1-28-19-11-18(12-20(13-19)29-2)23-21(26)15-25-10-6-7-16(14-25)22(27)24-17-8-4-3-5-9-17/h3-5,8-9,11-13,16H,6-7,10,14-15H2,1-2H3,(H,23,26)(H,24,27)/t16-/m0/s1. The Bertz CT molecular complexity index is 819. The minimum atomic E-state index is -0.135. The average molecular weight is 397 g/mol. The summed E-state index contributed by atoms with van der Waals surface area (Å²) in [5.41, 5.74) is 1.40. The molecule has 0 spiro atoms. The molecule has 0 unspecified atom stereocenters. The Balaban J connectivity index is 1.54. The van der Waals surface area contributed by atoms with Gasteiger partial charge in [0, 0.05) is 36.1 Å². The first-order valence-electron chi connectivity index (χ1n) is 9.68. The normalized spacial score (nSPS) is 16.7. The molecule has 0 bridgehead atoms. The van der Waals surface area contributed by atoms with Gasteiger partial charge in [0.1, 0.15) is 11.5 Å². The number of likely N-dealkylation sites (tertiary alicyclic amines) is 1. The highest BCUT2D eigenvalue weighted by atomic mass is 16.5. The summed E-state index contributed by atoms with van der Waals surface area (Å²) in [7, 11) is 3.13. The number of rotatable bonds is 7. The molecule has 7 nitrogen and oxygen atoms in total. The third-order valence-electron chi connectivity index (χ3n) is 4.92. The van der Waals surface area contributed by atoms with Crippen molar-refractivity contribution < 1.29 is 19.1 Å². The maximum absolute atomic E-state index is 12.6. The van der Waals surface area contributed by atoms with Crippen LogP contribution in [-0.2, 0) is 9.59 Å². The van der Waals surface area contributed by atoms with Gasteiger partial charge in [0.15, 0.2) is 0 Å². The third-order valence-corrected chi connectivity index (χ3v) is 4.92. The van der Waals surface area contributed by atoms with Crippen molar-refractivity contribution in [3.05, 3.63) is 48.5 Å². The molecular formula is C22H27N3O4. The van der Waals surface area contributed by atoms with Crippen molar-refractivity contribution in [1.29, 1.82) is 0 Å². The second-order valence-corrected chi connectivity index (χ2v) is 7.08. The second-order valence-electron chi connectivity index (χ2n) is 7.08. The van der Waals surface area contributed by atoms with Crippen LogP contribution in [0.3, 0.4) is 0 Å². The molecule has 1 heterocycles. The minimum Gasteiger partial charge on any atom is -0.497 e. The van der Waals surface area contributed by atoms with Crippen molar-refractivity contribution in [2.45, 2.75) is 12.8 Å². The van der Waals surface area contributed by atoms with Crippen LogP contribution in [0.15, 0.2) is 48.5 Å². The molecule has 2 aromatic rings. The van der Waals surface area contributed by atoms with Gasteiger partial charge < -0.3 is 20.1 Å². The maximum atomic E-state index is 12.6. The van der Waals surface area contributed by atoms with Gasteiger partial charge in [-0.3, -0.25) is 14.5 Å². The molecule has 2 N–H and O–H groups in total. The summed E-state index contributed by atoms with van der Waals surface area (Å²) in [6, 6.07) is 14.7. The number of ether oxygens (including phenoxy) is 2. The highest BCUT2D eigenvalue weighted by Gasteiger charge is 2.27. The summed E-state index contributed by atoms with van der Waals surface area (Å²) in [5.74, 6) is 0.947. The quantitative estimate of drug-likeness (QED) is 0.751. The topological polar surface area (TPSA) is 79.9 Å². The molecule has 29 heavy (non-hydrogen) atoms. The summed E-state index contributed by atoms with van der Waals surface area (Å²) in [6.45, 7) is 1.59. The van der Waals surface area contributed by atoms with Crippen LogP contribution in [-0.4, -0.2) is 50.6 Å². The van der Waals surface area contributed by atoms with Gasteiger partial charge in [-0.25, -0.2) is 0 Å². The molecular weight excluding hydrogens is 370 g/mol. The van der Waals surface area contributed by atoms with Crippen molar-refractivity contribution >= 4 is 23.2 Å². The number of methoxy groups -OCH3 is 2. The third kappa shape index (κ3) is 5.96. The number of nitrogens with one attached hydrogen (secondary N) is 2. The summed E-state index contributed by atoms with van der Waals surface area (Å²) in [5, 5.41) is 5.84. The van der Waals surface area contributed by atoms with E-state index in [0.29, 0.717) is 23.7 Å². The van der Waals surface area contributed by atoms with E-state index in [1.54, 1.807) is 32.4 Å². The number of carbonyl (C=O) groups is 2. The first-order valence-corrected chi connectivity index (χ1v) is 9.68. The van der Waals surface area contributed by atoms with Gasteiger partial charge in [-0.15, -0.1) is 0 Å². The van der Waals surface area contributed by atoms with E-state index in [9.17, 15) is 9.59 Å². The van der Waals surface area contributed by atoms with E-state index < -0.39 is 0 Å². The van der Waals surface area contributed by atoms with Crippen molar-refractivity contribution in [2.75, 3.05) is 44.5 Å². The number of nitrogens with zero attached hydrogens (tertiary/aromatic N) is 1. The van der Waals surface area contributed by atoms with Gasteiger partial charge in [0.25, 0.3) is 0 Å². The fraction of sp³-hybridized carbons (Fsp3) is 0.364. The zero-order valence-corrected chi connectivity index (χ0v) is 16.8. The van der Waals surface area contributed by atoms with E-state index >= 15 is 0 Å². The first kappa shape index (κ1) is 20.7. The fourth-order valence-corrected chi connectivity index (χ4v) is 3.46. The Morgan fingerprint density at radius 3 is 2.34 bits per heavy atom. The number of anilines is 2. The van der Waals surface area contributed by atoms with Gasteiger partial charge >= 0.3 is 0 Å². The number of hydrogen-bond acceptors (Lipinski definition) is 5. The number of amides is 2. The van der Waals surface area contributed by atoms with Gasteiger partial charge in [0.2, 0.25) is 11.8 Å². The van der Waals surface area contributed by atoms with Gasteiger partial charge in [-0.05, 0) is 31.5 Å². The van der Waals surface area contributed by atoms with Crippen LogP contribution < -0.4 is 20.1 Å².